The largest absolute Gasteiger partial charge is 0.378 e. The summed E-state index contributed by atoms with van der Waals surface area (Å²) in [6.07, 6.45) is 0. The van der Waals surface area contributed by atoms with E-state index >= 15 is 0 Å². The molecular weight excluding hydrogens is 446 g/mol. The van der Waals surface area contributed by atoms with Crippen LogP contribution in [0.3, 0.4) is 0 Å². The van der Waals surface area contributed by atoms with Crippen LogP contribution in [0.2, 0.25) is 0 Å². The first kappa shape index (κ1) is 22.6. The summed E-state index contributed by atoms with van der Waals surface area (Å²) in [4.78, 5) is 25.3. The molecule has 1 amide bonds. The lowest BCUT2D eigenvalue weighted by atomic mass is 10.1. The first-order valence-electron chi connectivity index (χ1n) is 9.01. The number of carbonyl (C=O) groups is 1. The molecule has 1 heterocycles. The van der Waals surface area contributed by atoms with Gasteiger partial charge in [0.1, 0.15) is 0 Å². The second-order valence-electron chi connectivity index (χ2n) is 6.54. The van der Waals surface area contributed by atoms with E-state index in [1.165, 1.54) is 42.5 Å². The quantitative estimate of drug-likeness (QED) is 0.335. The minimum atomic E-state index is -3.83. The molecule has 0 spiro atoms. The van der Waals surface area contributed by atoms with Crippen LogP contribution in [0, 0.1) is 10.1 Å². The number of nitro benzene ring substituents is 1. The standard InChI is InChI=1S/C18H19N5O6S2/c19-31(27,28)14-4-1-12(2-5-14)20-18(30)21-17(24)15-11-13(23(25)26)3-6-16(15)22-7-9-29-10-8-22/h1-6,11H,7-10H2,(H2,19,27,28)(H2,20,21,24,30). The van der Waals surface area contributed by atoms with Gasteiger partial charge < -0.3 is 15.0 Å². The molecule has 4 N–H and O–H groups in total. The van der Waals surface area contributed by atoms with E-state index in [1.54, 1.807) is 0 Å². The zero-order valence-corrected chi connectivity index (χ0v) is 17.7. The fourth-order valence-electron chi connectivity index (χ4n) is 2.96. The lowest BCUT2D eigenvalue weighted by molar-refractivity contribution is -0.384. The molecule has 0 aromatic heterocycles. The van der Waals surface area contributed by atoms with E-state index in [9.17, 15) is 23.3 Å². The summed E-state index contributed by atoms with van der Waals surface area (Å²) in [6.45, 7) is 2.04. The lowest BCUT2D eigenvalue weighted by Crippen LogP contribution is -2.39. The number of rotatable bonds is 5. The summed E-state index contributed by atoms with van der Waals surface area (Å²) < 4.78 is 28.0. The SMILES string of the molecule is NS(=O)(=O)c1ccc(NC(=S)NC(=O)c2cc([N+](=O)[O-])ccc2N2CCOCC2)cc1. The summed E-state index contributed by atoms with van der Waals surface area (Å²) >= 11 is 5.15. The number of carbonyl (C=O) groups excluding carboxylic acids is 1. The summed E-state index contributed by atoms with van der Waals surface area (Å²) in [5.74, 6) is -0.621. The van der Waals surface area contributed by atoms with Crippen molar-refractivity contribution in [1.29, 1.82) is 0 Å². The number of nitro groups is 1. The highest BCUT2D eigenvalue weighted by molar-refractivity contribution is 7.89. The molecule has 0 aliphatic carbocycles. The molecule has 0 radical (unpaired) electrons. The van der Waals surface area contributed by atoms with Gasteiger partial charge in [0, 0.05) is 30.9 Å². The predicted octanol–water partition coefficient (Wildman–Crippen LogP) is 1.21. The second kappa shape index (κ2) is 9.34. The number of anilines is 2. The number of nitrogens with two attached hydrogens (primary N) is 1. The van der Waals surface area contributed by atoms with Gasteiger partial charge in [-0.25, -0.2) is 13.6 Å². The van der Waals surface area contributed by atoms with Crippen molar-refractivity contribution in [3.8, 4) is 0 Å². The molecule has 0 saturated carbocycles. The van der Waals surface area contributed by atoms with Crippen molar-refractivity contribution in [3.63, 3.8) is 0 Å². The van der Waals surface area contributed by atoms with Gasteiger partial charge in [0.15, 0.2) is 5.11 Å². The zero-order chi connectivity index (χ0) is 22.6. The van der Waals surface area contributed by atoms with Gasteiger partial charge in [-0.2, -0.15) is 0 Å². The van der Waals surface area contributed by atoms with E-state index in [1.807, 2.05) is 4.90 Å². The Morgan fingerprint density at radius 3 is 2.39 bits per heavy atom. The number of nitrogens with zero attached hydrogens (tertiary/aromatic N) is 2. The normalized spacial score (nSPS) is 14.0. The molecule has 1 saturated heterocycles. The number of hydrogen-bond donors (Lipinski definition) is 3. The first-order chi connectivity index (χ1) is 14.6. The van der Waals surface area contributed by atoms with Crippen LogP contribution in [-0.2, 0) is 14.8 Å². The Bertz CT molecular complexity index is 1110. The lowest BCUT2D eigenvalue weighted by Gasteiger charge is -2.30. The summed E-state index contributed by atoms with van der Waals surface area (Å²) in [7, 11) is -3.83. The van der Waals surface area contributed by atoms with Crippen molar-refractivity contribution >= 4 is 50.3 Å². The van der Waals surface area contributed by atoms with E-state index in [0.29, 0.717) is 37.7 Å². The Morgan fingerprint density at radius 2 is 1.81 bits per heavy atom. The molecule has 31 heavy (non-hydrogen) atoms. The van der Waals surface area contributed by atoms with Gasteiger partial charge in [0.05, 0.1) is 34.3 Å². The number of benzene rings is 2. The molecular formula is C18H19N5O6S2. The van der Waals surface area contributed by atoms with E-state index in [-0.39, 0.29) is 21.3 Å². The first-order valence-corrected chi connectivity index (χ1v) is 11.0. The number of non-ortho nitro benzene ring substituents is 1. The number of sulfonamides is 1. The second-order valence-corrected chi connectivity index (χ2v) is 8.51. The summed E-state index contributed by atoms with van der Waals surface area (Å²) in [5, 5.41) is 21.4. The zero-order valence-electron chi connectivity index (χ0n) is 16.1. The third-order valence-corrected chi connectivity index (χ3v) is 5.59. The molecule has 1 fully saturated rings. The van der Waals surface area contributed by atoms with Gasteiger partial charge in [-0.15, -0.1) is 0 Å². The highest BCUT2D eigenvalue weighted by Crippen LogP contribution is 2.26. The average Bonchev–Trinajstić information content (AvgIpc) is 2.73. The number of amides is 1. The number of morpholine rings is 1. The fraction of sp³-hybridized carbons (Fsp3) is 0.222. The van der Waals surface area contributed by atoms with Crippen molar-refractivity contribution < 1.29 is 22.9 Å². The van der Waals surface area contributed by atoms with E-state index in [4.69, 9.17) is 22.1 Å². The average molecular weight is 466 g/mol. The third-order valence-electron chi connectivity index (χ3n) is 4.46. The maximum absolute atomic E-state index is 12.9. The highest BCUT2D eigenvalue weighted by Gasteiger charge is 2.22. The number of nitrogens with one attached hydrogen (secondary N) is 2. The molecule has 11 nitrogen and oxygen atoms in total. The number of thiocarbonyl (C=S) groups is 1. The molecule has 0 unspecified atom stereocenters. The van der Waals surface area contributed by atoms with Crippen molar-refractivity contribution in [2.75, 3.05) is 36.5 Å². The summed E-state index contributed by atoms with van der Waals surface area (Å²) in [5.41, 5.74) is 0.835. The highest BCUT2D eigenvalue weighted by atomic mass is 32.2. The number of hydrogen-bond acceptors (Lipinski definition) is 8. The van der Waals surface area contributed by atoms with Gasteiger partial charge in [-0.3, -0.25) is 20.2 Å². The molecule has 0 atom stereocenters. The van der Waals surface area contributed by atoms with Crippen LogP contribution in [0.1, 0.15) is 10.4 Å². The van der Waals surface area contributed by atoms with E-state index in [0.717, 1.165) is 0 Å². The third kappa shape index (κ3) is 5.73. The summed E-state index contributed by atoms with van der Waals surface area (Å²) in [6, 6.07) is 9.52. The van der Waals surface area contributed by atoms with Crippen molar-refractivity contribution in [1.82, 2.24) is 5.32 Å². The van der Waals surface area contributed by atoms with Crippen LogP contribution in [0.25, 0.3) is 0 Å². The molecule has 2 aromatic carbocycles. The molecule has 13 heteroatoms. The predicted molar refractivity (Wildman–Crippen MR) is 118 cm³/mol. The van der Waals surface area contributed by atoms with Gasteiger partial charge in [0.2, 0.25) is 10.0 Å². The smallest absolute Gasteiger partial charge is 0.270 e. The Kier molecular flexibility index (Phi) is 6.80. The van der Waals surface area contributed by atoms with Crippen LogP contribution in [0.5, 0.6) is 0 Å². The minimum absolute atomic E-state index is 0.0622. The van der Waals surface area contributed by atoms with Gasteiger partial charge in [0.25, 0.3) is 11.6 Å². The van der Waals surface area contributed by atoms with Crippen LogP contribution < -0.4 is 20.7 Å². The molecule has 1 aliphatic rings. The van der Waals surface area contributed by atoms with Crippen LogP contribution in [0.15, 0.2) is 47.4 Å². The molecule has 0 bridgehead atoms. The molecule has 164 valence electrons. The minimum Gasteiger partial charge on any atom is -0.378 e. The maximum Gasteiger partial charge on any atom is 0.270 e. The van der Waals surface area contributed by atoms with Gasteiger partial charge in [-0.05, 0) is 42.5 Å². The van der Waals surface area contributed by atoms with Crippen LogP contribution in [0.4, 0.5) is 17.1 Å². The van der Waals surface area contributed by atoms with Gasteiger partial charge >= 0.3 is 0 Å². The number of ether oxygens (including phenoxy) is 1. The topological polar surface area (TPSA) is 157 Å². The fourth-order valence-corrected chi connectivity index (χ4v) is 3.69. The monoisotopic (exact) mass is 465 g/mol. The number of primary sulfonamides is 1. The maximum atomic E-state index is 12.9. The Balaban J connectivity index is 1.77. The van der Waals surface area contributed by atoms with Crippen molar-refractivity contribution in [3.05, 3.63) is 58.1 Å². The Morgan fingerprint density at radius 1 is 1.16 bits per heavy atom. The van der Waals surface area contributed by atoms with E-state index < -0.39 is 20.9 Å². The van der Waals surface area contributed by atoms with E-state index in [2.05, 4.69) is 10.6 Å². The van der Waals surface area contributed by atoms with Crippen molar-refractivity contribution in [2.45, 2.75) is 4.90 Å². The molecule has 1 aliphatic heterocycles. The Labute approximate surface area is 183 Å². The van der Waals surface area contributed by atoms with Crippen molar-refractivity contribution in [2.24, 2.45) is 5.14 Å². The molecule has 3 rings (SSSR count). The van der Waals surface area contributed by atoms with Gasteiger partial charge in [-0.1, -0.05) is 0 Å². The molecule has 2 aromatic rings. The Hall–Kier alpha value is -3.13. The van der Waals surface area contributed by atoms with Crippen LogP contribution in [-0.4, -0.2) is 50.7 Å². The van der Waals surface area contributed by atoms with Crippen LogP contribution >= 0.6 is 12.2 Å².